The van der Waals surface area contributed by atoms with Crippen molar-refractivity contribution in [2.75, 3.05) is 6.61 Å². The average molecular weight is 389 g/mol. The molecular weight excluding hydrogens is 368 g/mol. The Labute approximate surface area is 157 Å². The van der Waals surface area contributed by atoms with Crippen molar-refractivity contribution in [2.24, 2.45) is 0 Å². The van der Waals surface area contributed by atoms with E-state index in [1.54, 1.807) is 24.3 Å². The van der Waals surface area contributed by atoms with Crippen molar-refractivity contribution >= 4 is 21.4 Å². The van der Waals surface area contributed by atoms with Crippen LogP contribution in [0.5, 0.6) is 5.75 Å². The fourth-order valence-electron chi connectivity index (χ4n) is 2.42. The van der Waals surface area contributed by atoms with Crippen molar-refractivity contribution in [3.05, 3.63) is 65.2 Å². The number of hydrogen-bond acceptors (Lipinski definition) is 5. The second kappa shape index (κ2) is 7.99. The third-order valence-electron chi connectivity index (χ3n) is 3.78. The zero-order valence-corrected chi connectivity index (χ0v) is 16.2. The summed E-state index contributed by atoms with van der Waals surface area (Å²) < 4.78 is 33.0. The maximum absolute atomic E-state index is 12.5. The molecule has 1 N–H and O–H groups in total. The van der Waals surface area contributed by atoms with Crippen LogP contribution in [0.2, 0.25) is 0 Å². The van der Waals surface area contributed by atoms with Gasteiger partial charge in [0, 0.05) is 17.0 Å². The largest absolute Gasteiger partial charge is 0.494 e. The number of ether oxygens (including phenoxy) is 1. The highest BCUT2D eigenvalue weighted by Crippen LogP contribution is 2.28. The SMILES string of the molecule is CCOc1ccc(S(=O)(=O)NCc2sc(-c3ccccc3)nc2C)cc1. The van der Waals surface area contributed by atoms with Crippen molar-refractivity contribution < 1.29 is 13.2 Å². The van der Waals surface area contributed by atoms with E-state index in [2.05, 4.69) is 9.71 Å². The van der Waals surface area contributed by atoms with Crippen LogP contribution >= 0.6 is 11.3 Å². The van der Waals surface area contributed by atoms with Crippen LogP contribution < -0.4 is 9.46 Å². The van der Waals surface area contributed by atoms with E-state index in [0.29, 0.717) is 12.4 Å². The molecule has 1 aromatic heterocycles. The monoisotopic (exact) mass is 388 g/mol. The van der Waals surface area contributed by atoms with E-state index in [0.717, 1.165) is 21.1 Å². The Morgan fingerprint density at radius 2 is 1.77 bits per heavy atom. The van der Waals surface area contributed by atoms with Crippen LogP contribution in [0.1, 0.15) is 17.5 Å². The summed E-state index contributed by atoms with van der Waals surface area (Å²) in [7, 11) is -3.59. The average Bonchev–Trinajstić information content (AvgIpc) is 3.02. The predicted octanol–water partition coefficient (Wildman–Crippen LogP) is 4.00. The number of hydrogen-bond donors (Lipinski definition) is 1. The van der Waals surface area contributed by atoms with Crippen LogP contribution in [0, 0.1) is 6.92 Å². The predicted molar refractivity (Wildman–Crippen MR) is 104 cm³/mol. The van der Waals surface area contributed by atoms with Crippen LogP contribution in [-0.4, -0.2) is 20.0 Å². The van der Waals surface area contributed by atoms with Gasteiger partial charge in [0.25, 0.3) is 0 Å². The molecule has 1 heterocycles. The minimum atomic E-state index is -3.59. The van der Waals surface area contributed by atoms with Crippen molar-refractivity contribution in [3.63, 3.8) is 0 Å². The quantitative estimate of drug-likeness (QED) is 0.664. The Kier molecular flexibility index (Phi) is 5.70. The Morgan fingerprint density at radius 3 is 2.42 bits per heavy atom. The van der Waals surface area contributed by atoms with E-state index in [-0.39, 0.29) is 11.4 Å². The molecule has 0 aliphatic rings. The van der Waals surface area contributed by atoms with Gasteiger partial charge in [0.05, 0.1) is 17.2 Å². The lowest BCUT2D eigenvalue weighted by Crippen LogP contribution is -2.23. The molecule has 136 valence electrons. The van der Waals surface area contributed by atoms with Crippen LogP contribution in [0.15, 0.2) is 59.5 Å². The van der Waals surface area contributed by atoms with Gasteiger partial charge >= 0.3 is 0 Å². The molecule has 0 aliphatic heterocycles. The number of aryl methyl sites for hydroxylation is 1. The van der Waals surface area contributed by atoms with Gasteiger partial charge in [-0.25, -0.2) is 18.1 Å². The standard InChI is InChI=1S/C19H20N2O3S2/c1-3-24-16-9-11-17(12-10-16)26(22,23)20-13-18-14(2)21-19(25-18)15-7-5-4-6-8-15/h4-12,20H,3,13H2,1-2H3. The summed E-state index contributed by atoms with van der Waals surface area (Å²) in [5.41, 5.74) is 1.87. The molecule has 0 radical (unpaired) electrons. The number of thiazole rings is 1. The van der Waals surface area contributed by atoms with E-state index >= 15 is 0 Å². The lowest BCUT2D eigenvalue weighted by Gasteiger charge is -2.07. The molecular formula is C19H20N2O3S2. The van der Waals surface area contributed by atoms with Gasteiger partial charge in [0.2, 0.25) is 10.0 Å². The van der Waals surface area contributed by atoms with Crippen LogP contribution in [-0.2, 0) is 16.6 Å². The summed E-state index contributed by atoms with van der Waals surface area (Å²) >= 11 is 1.50. The van der Waals surface area contributed by atoms with E-state index in [1.807, 2.05) is 44.2 Å². The maximum atomic E-state index is 12.5. The number of nitrogens with one attached hydrogen (secondary N) is 1. The molecule has 0 saturated carbocycles. The van der Waals surface area contributed by atoms with E-state index in [9.17, 15) is 8.42 Å². The summed E-state index contributed by atoms with van der Waals surface area (Å²) in [5.74, 6) is 0.650. The summed E-state index contributed by atoms with van der Waals surface area (Å²) in [6.45, 7) is 4.53. The molecule has 0 spiro atoms. The molecule has 0 bridgehead atoms. The highest BCUT2D eigenvalue weighted by Gasteiger charge is 2.16. The zero-order valence-electron chi connectivity index (χ0n) is 14.6. The van der Waals surface area contributed by atoms with Crippen molar-refractivity contribution in [2.45, 2.75) is 25.3 Å². The smallest absolute Gasteiger partial charge is 0.240 e. The first kappa shape index (κ1) is 18.6. The van der Waals surface area contributed by atoms with E-state index in [1.165, 1.54) is 11.3 Å². The minimum absolute atomic E-state index is 0.214. The van der Waals surface area contributed by atoms with Crippen LogP contribution in [0.4, 0.5) is 0 Å². The Bertz CT molecular complexity index is 966. The Balaban J connectivity index is 1.73. The second-order valence-corrected chi connectivity index (χ2v) is 8.47. The molecule has 0 amide bonds. The highest BCUT2D eigenvalue weighted by atomic mass is 32.2. The molecule has 7 heteroatoms. The molecule has 3 rings (SSSR count). The molecule has 3 aromatic rings. The van der Waals surface area contributed by atoms with Gasteiger partial charge in [-0.3, -0.25) is 0 Å². The minimum Gasteiger partial charge on any atom is -0.494 e. The third-order valence-corrected chi connectivity index (χ3v) is 6.40. The molecule has 0 atom stereocenters. The summed E-state index contributed by atoms with van der Waals surface area (Å²) in [6.07, 6.45) is 0. The Hall–Kier alpha value is -2.22. The topological polar surface area (TPSA) is 68.3 Å². The normalized spacial score (nSPS) is 11.5. The van der Waals surface area contributed by atoms with E-state index in [4.69, 9.17) is 4.74 Å². The number of aromatic nitrogens is 1. The first-order valence-electron chi connectivity index (χ1n) is 8.24. The fraction of sp³-hybridized carbons (Fsp3) is 0.211. The lowest BCUT2D eigenvalue weighted by molar-refractivity contribution is 0.340. The third kappa shape index (κ3) is 4.30. The van der Waals surface area contributed by atoms with Gasteiger partial charge in [0.1, 0.15) is 10.8 Å². The molecule has 2 aromatic carbocycles. The zero-order chi connectivity index (χ0) is 18.6. The van der Waals surface area contributed by atoms with Gasteiger partial charge in [-0.2, -0.15) is 0 Å². The first-order valence-corrected chi connectivity index (χ1v) is 10.5. The number of rotatable bonds is 7. The van der Waals surface area contributed by atoms with Gasteiger partial charge < -0.3 is 4.74 Å². The van der Waals surface area contributed by atoms with Crippen molar-refractivity contribution in [1.29, 1.82) is 0 Å². The second-order valence-electron chi connectivity index (χ2n) is 5.62. The molecule has 0 fully saturated rings. The van der Waals surface area contributed by atoms with E-state index < -0.39 is 10.0 Å². The summed E-state index contributed by atoms with van der Waals surface area (Å²) in [5, 5.41) is 0.887. The molecule has 5 nitrogen and oxygen atoms in total. The maximum Gasteiger partial charge on any atom is 0.240 e. The number of benzene rings is 2. The van der Waals surface area contributed by atoms with Crippen LogP contribution in [0.3, 0.4) is 0 Å². The number of sulfonamides is 1. The first-order chi connectivity index (χ1) is 12.5. The Morgan fingerprint density at radius 1 is 1.08 bits per heavy atom. The van der Waals surface area contributed by atoms with Gasteiger partial charge in [-0.15, -0.1) is 11.3 Å². The van der Waals surface area contributed by atoms with Crippen LogP contribution in [0.25, 0.3) is 10.6 Å². The van der Waals surface area contributed by atoms with Crippen molar-refractivity contribution in [3.8, 4) is 16.3 Å². The molecule has 0 saturated heterocycles. The van der Waals surface area contributed by atoms with Gasteiger partial charge in [-0.05, 0) is 38.1 Å². The lowest BCUT2D eigenvalue weighted by atomic mass is 10.2. The van der Waals surface area contributed by atoms with Gasteiger partial charge in [-0.1, -0.05) is 30.3 Å². The van der Waals surface area contributed by atoms with Gasteiger partial charge in [0.15, 0.2) is 0 Å². The summed E-state index contributed by atoms with van der Waals surface area (Å²) in [6, 6.07) is 16.3. The molecule has 26 heavy (non-hydrogen) atoms. The molecule has 0 aliphatic carbocycles. The fourth-order valence-corrected chi connectivity index (χ4v) is 4.52. The molecule has 0 unspecified atom stereocenters. The summed E-state index contributed by atoms with van der Waals surface area (Å²) in [4.78, 5) is 5.67. The highest BCUT2D eigenvalue weighted by molar-refractivity contribution is 7.89. The number of nitrogens with zero attached hydrogens (tertiary/aromatic N) is 1. The van der Waals surface area contributed by atoms with Crippen molar-refractivity contribution in [1.82, 2.24) is 9.71 Å².